The van der Waals surface area contributed by atoms with E-state index in [9.17, 15) is 13.2 Å². The lowest BCUT2D eigenvalue weighted by molar-refractivity contribution is -0.141. The number of aromatic nitrogens is 2. The van der Waals surface area contributed by atoms with Crippen molar-refractivity contribution in [3.05, 3.63) is 16.4 Å². The summed E-state index contributed by atoms with van der Waals surface area (Å²) in [5, 5.41) is 4.93. The summed E-state index contributed by atoms with van der Waals surface area (Å²) in [5.74, 6) is 0. The average molecular weight is 214 g/mol. The standard InChI is InChI=1S/C6H7ClF3N3/c7-5-3(1-2-11)4(12-13-5)6(8,9)10/h1-2,11H2,(H,12,13). The molecule has 13 heavy (non-hydrogen) atoms. The van der Waals surface area contributed by atoms with Crippen molar-refractivity contribution in [2.24, 2.45) is 5.73 Å². The Morgan fingerprint density at radius 2 is 2.08 bits per heavy atom. The van der Waals surface area contributed by atoms with Gasteiger partial charge in [0.15, 0.2) is 5.15 Å². The summed E-state index contributed by atoms with van der Waals surface area (Å²) in [5.41, 5.74) is 4.15. The first-order valence-electron chi connectivity index (χ1n) is 3.46. The van der Waals surface area contributed by atoms with Crippen molar-refractivity contribution in [3.8, 4) is 0 Å². The highest BCUT2D eigenvalue weighted by Gasteiger charge is 2.36. The Morgan fingerprint density at radius 1 is 1.46 bits per heavy atom. The Morgan fingerprint density at radius 3 is 2.54 bits per heavy atom. The first-order chi connectivity index (χ1) is 5.96. The Bertz CT molecular complexity index is 294. The van der Waals surface area contributed by atoms with E-state index in [2.05, 4.69) is 5.10 Å². The molecule has 0 radical (unpaired) electrons. The smallest absolute Gasteiger partial charge is 0.330 e. The monoisotopic (exact) mass is 213 g/mol. The van der Waals surface area contributed by atoms with E-state index in [0.29, 0.717) is 0 Å². The van der Waals surface area contributed by atoms with Gasteiger partial charge in [-0.05, 0) is 13.0 Å². The number of hydrogen-bond acceptors (Lipinski definition) is 2. The molecule has 1 aromatic heterocycles. The van der Waals surface area contributed by atoms with Crippen molar-refractivity contribution in [1.29, 1.82) is 0 Å². The maximum Gasteiger partial charge on any atom is 0.433 e. The molecule has 0 aromatic carbocycles. The van der Waals surface area contributed by atoms with Gasteiger partial charge in [-0.25, -0.2) is 0 Å². The van der Waals surface area contributed by atoms with Gasteiger partial charge in [-0.15, -0.1) is 0 Å². The predicted molar refractivity (Wildman–Crippen MR) is 41.4 cm³/mol. The highest BCUT2D eigenvalue weighted by molar-refractivity contribution is 6.30. The third kappa shape index (κ3) is 2.13. The van der Waals surface area contributed by atoms with Crippen LogP contribution >= 0.6 is 11.6 Å². The Hall–Kier alpha value is -0.750. The second-order valence-corrected chi connectivity index (χ2v) is 2.76. The highest BCUT2D eigenvalue weighted by Crippen LogP contribution is 2.33. The van der Waals surface area contributed by atoms with E-state index in [-0.39, 0.29) is 23.7 Å². The summed E-state index contributed by atoms with van der Waals surface area (Å²) in [6.45, 7) is 0.0995. The van der Waals surface area contributed by atoms with Gasteiger partial charge >= 0.3 is 6.18 Å². The average Bonchev–Trinajstić information content (AvgIpc) is 2.32. The van der Waals surface area contributed by atoms with Crippen LogP contribution in [0.25, 0.3) is 0 Å². The van der Waals surface area contributed by atoms with Crippen LogP contribution in [0.5, 0.6) is 0 Å². The number of nitrogens with one attached hydrogen (secondary N) is 1. The molecule has 0 spiro atoms. The number of H-pyrrole nitrogens is 1. The van der Waals surface area contributed by atoms with Crippen molar-refractivity contribution in [1.82, 2.24) is 10.2 Å². The van der Waals surface area contributed by atoms with E-state index >= 15 is 0 Å². The minimum absolute atomic E-state index is 0.0597. The van der Waals surface area contributed by atoms with E-state index in [1.807, 2.05) is 5.10 Å². The topological polar surface area (TPSA) is 54.7 Å². The number of rotatable bonds is 2. The number of nitrogens with two attached hydrogens (primary N) is 1. The third-order valence-corrected chi connectivity index (χ3v) is 1.81. The molecule has 74 valence electrons. The molecule has 0 saturated heterocycles. The zero-order chi connectivity index (χ0) is 10.1. The second-order valence-electron chi connectivity index (χ2n) is 2.40. The first-order valence-corrected chi connectivity index (χ1v) is 3.84. The van der Waals surface area contributed by atoms with E-state index in [4.69, 9.17) is 17.3 Å². The molecule has 0 aliphatic heterocycles. The summed E-state index contributed by atoms with van der Waals surface area (Å²) >= 11 is 5.43. The molecular formula is C6H7ClF3N3. The zero-order valence-electron chi connectivity index (χ0n) is 6.45. The molecule has 0 fully saturated rings. The second kappa shape index (κ2) is 3.55. The van der Waals surface area contributed by atoms with Crippen LogP contribution in [-0.2, 0) is 12.6 Å². The minimum Gasteiger partial charge on any atom is -0.330 e. The van der Waals surface area contributed by atoms with Gasteiger partial charge in [0.25, 0.3) is 0 Å². The molecule has 0 amide bonds. The van der Waals surface area contributed by atoms with Crippen molar-refractivity contribution in [2.45, 2.75) is 12.6 Å². The third-order valence-electron chi connectivity index (χ3n) is 1.49. The molecule has 0 aliphatic rings. The lowest BCUT2D eigenvalue weighted by Gasteiger charge is -2.05. The van der Waals surface area contributed by atoms with E-state index in [0.717, 1.165) is 0 Å². The van der Waals surface area contributed by atoms with Gasteiger partial charge in [0, 0.05) is 5.56 Å². The molecule has 3 nitrogen and oxygen atoms in total. The van der Waals surface area contributed by atoms with Crippen LogP contribution in [0.4, 0.5) is 13.2 Å². The quantitative estimate of drug-likeness (QED) is 0.784. The van der Waals surface area contributed by atoms with E-state index in [1.165, 1.54) is 0 Å². The molecule has 3 N–H and O–H groups in total. The van der Waals surface area contributed by atoms with Gasteiger partial charge < -0.3 is 5.73 Å². The summed E-state index contributed by atoms with van der Waals surface area (Å²) in [7, 11) is 0. The van der Waals surface area contributed by atoms with Crippen LogP contribution in [0.15, 0.2) is 0 Å². The number of hydrogen-bond donors (Lipinski definition) is 2. The van der Waals surface area contributed by atoms with Gasteiger partial charge in [-0.3, -0.25) is 5.10 Å². The fourth-order valence-corrected chi connectivity index (χ4v) is 1.18. The minimum atomic E-state index is -4.45. The normalized spacial score (nSPS) is 12.1. The maximum absolute atomic E-state index is 12.2. The Labute approximate surface area is 77.1 Å². The fraction of sp³-hybridized carbons (Fsp3) is 0.500. The summed E-state index contributed by atoms with van der Waals surface area (Å²) in [4.78, 5) is 0. The van der Waals surface area contributed by atoms with Crippen molar-refractivity contribution in [2.75, 3.05) is 6.54 Å². The predicted octanol–water partition coefficient (Wildman–Crippen LogP) is 1.58. The van der Waals surface area contributed by atoms with Gasteiger partial charge in [-0.2, -0.15) is 18.3 Å². The van der Waals surface area contributed by atoms with Crippen LogP contribution in [0, 0.1) is 0 Å². The Balaban J connectivity index is 3.07. The molecular weight excluding hydrogens is 207 g/mol. The summed E-state index contributed by atoms with van der Waals surface area (Å²) in [6.07, 6.45) is -4.39. The van der Waals surface area contributed by atoms with Crippen LogP contribution in [0.3, 0.4) is 0 Å². The Kier molecular flexibility index (Phi) is 2.82. The summed E-state index contributed by atoms with van der Waals surface area (Å²) in [6, 6.07) is 0. The molecule has 0 bridgehead atoms. The molecule has 0 aliphatic carbocycles. The van der Waals surface area contributed by atoms with Crippen LogP contribution < -0.4 is 5.73 Å². The lowest BCUT2D eigenvalue weighted by Crippen LogP contribution is -2.12. The first kappa shape index (κ1) is 10.3. The number of aromatic amines is 1. The van der Waals surface area contributed by atoms with Gasteiger partial charge in [-0.1, -0.05) is 11.6 Å². The molecule has 1 aromatic rings. The van der Waals surface area contributed by atoms with E-state index in [1.54, 1.807) is 0 Å². The van der Waals surface area contributed by atoms with E-state index < -0.39 is 11.9 Å². The number of nitrogens with zero attached hydrogens (tertiary/aromatic N) is 1. The van der Waals surface area contributed by atoms with Crippen LogP contribution in [0.2, 0.25) is 5.15 Å². The molecule has 7 heteroatoms. The van der Waals surface area contributed by atoms with Gasteiger partial charge in [0.05, 0.1) is 0 Å². The largest absolute Gasteiger partial charge is 0.433 e. The highest BCUT2D eigenvalue weighted by atomic mass is 35.5. The van der Waals surface area contributed by atoms with Gasteiger partial charge in [0.2, 0.25) is 0 Å². The molecule has 1 heterocycles. The molecule has 0 atom stereocenters. The van der Waals surface area contributed by atoms with Crippen molar-refractivity contribution < 1.29 is 13.2 Å². The van der Waals surface area contributed by atoms with Gasteiger partial charge in [0.1, 0.15) is 5.69 Å². The van der Waals surface area contributed by atoms with Crippen molar-refractivity contribution >= 4 is 11.6 Å². The number of halogens is 4. The zero-order valence-corrected chi connectivity index (χ0v) is 7.21. The molecule has 0 saturated carbocycles. The fourth-order valence-electron chi connectivity index (χ4n) is 0.950. The molecule has 1 rings (SSSR count). The van der Waals surface area contributed by atoms with Crippen LogP contribution in [0.1, 0.15) is 11.3 Å². The number of alkyl halides is 3. The summed E-state index contributed by atoms with van der Waals surface area (Å²) < 4.78 is 36.6. The molecule has 0 unspecified atom stereocenters. The van der Waals surface area contributed by atoms with Crippen molar-refractivity contribution in [3.63, 3.8) is 0 Å². The maximum atomic E-state index is 12.2. The van der Waals surface area contributed by atoms with Crippen LogP contribution in [-0.4, -0.2) is 16.7 Å². The lowest BCUT2D eigenvalue weighted by atomic mass is 10.2. The SMILES string of the molecule is NCCc1c(Cl)n[nH]c1C(F)(F)F.